The molecule has 0 amide bonds. The Labute approximate surface area is 132 Å². The zero-order chi connectivity index (χ0) is 15.4. The SMILES string of the molecule is COc1cnc(C(NN)c2ccc(Cl)cc2Cl)c(OC)n1. The van der Waals surface area contributed by atoms with E-state index in [1.807, 2.05) is 0 Å². The van der Waals surface area contributed by atoms with E-state index < -0.39 is 6.04 Å². The molecule has 2 rings (SSSR count). The molecule has 0 aliphatic rings. The fourth-order valence-corrected chi connectivity index (χ4v) is 2.38. The molecular weight excluding hydrogens is 315 g/mol. The first-order valence-corrected chi connectivity index (χ1v) is 6.72. The summed E-state index contributed by atoms with van der Waals surface area (Å²) < 4.78 is 10.3. The zero-order valence-electron chi connectivity index (χ0n) is 11.4. The van der Waals surface area contributed by atoms with Crippen molar-refractivity contribution < 1.29 is 9.47 Å². The summed E-state index contributed by atoms with van der Waals surface area (Å²) in [5.41, 5.74) is 3.86. The predicted molar refractivity (Wildman–Crippen MR) is 80.8 cm³/mol. The average molecular weight is 329 g/mol. The molecule has 6 nitrogen and oxygen atoms in total. The maximum Gasteiger partial charge on any atom is 0.240 e. The Morgan fingerprint density at radius 3 is 2.57 bits per heavy atom. The van der Waals surface area contributed by atoms with Crippen LogP contribution < -0.4 is 20.7 Å². The number of hydrogen-bond acceptors (Lipinski definition) is 6. The van der Waals surface area contributed by atoms with Gasteiger partial charge in [0.1, 0.15) is 5.69 Å². The van der Waals surface area contributed by atoms with Gasteiger partial charge in [0.05, 0.1) is 26.5 Å². The van der Waals surface area contributed by atoms with E-state index in [9.17, 15) is 0 Å². The van der Waals surface area contributed by atoms with Gasteiger partial charge >= 0.3 is 0 Å². The number of nitrogens with zero attached hydrogens (tertiary/aromatic N) is 2. The quantitative estimate of drug-likeness (QED) is 0.647. The molecule has 1 aromatic heterocycles. The summed E-state index contributed by atoms with van der Waals surface area (Å²) in [6.07, 6.45) is 1.48. The van der Waals surface area contributed by atoms with Gasteiger partial charge in [-0.1, -0.05) is 29.3 Å². The van der Waals surface area contributed by atoms with E-state index >= 15 is 0 Å². The number of aromatic nitrogens is 2. The molecule has 0 saturated heterocycles. The topological polar surface area (TPSA) is 82.3 Å². The first-order valence-electron chi connectivity index (χ1n) is 5.96. The second-order valence-corrected chi connectivity index (χ2v) is 4.92. The van der Waals surface area contributed by atoms with Crippen LogP contribution in [-0.2, 0) is 0 Å². The van der Waals surface area contributed by atoms with Crippen molar-refractivity contribution >= 4 is 23.2 Å². The maximum atomic E-state index is 6.21. The van der Waals surface area contributed by atoms with Crippen LogP contribution in [0.3, 0.4) is 0 Å². The van der Waals surface area contributed by atoms with Crippen LogP contribution in [0.2, 0.25) is 10.0 Å². The molecule has 0 saturated carbocycles. The van der Waals surface area contributed by atoms with E-state index in [1.165, 1.54) is 20.4 Å². The molecule has 21 heavy (non-hydrogen) atoms. The van der Waals surface area contributed by atoms with E-state index in [-0.39, 0.29) is 0 Å². The Morgan fingerprint density at radius 2 is 2.00 bits per heavy atom. The number of halogens is 2. The Morgan fingerprint density at radius 1 is 1.24 bits per heavy atom. The molecule has 0 bridgehead atoms. The van der Waals surface area contributed by atoms with Gasteiger partial charge in [-0.15, -0.1) is 0 Å². The number of methoxy groups -OCH3 is 2. The van der Waals surface area contributed by atoms with E-state index in [0.29, 0.717) is 33.1 Å². The molecule has 1 heterocycles. The molecule has 0 aliphatic heterocycles. The average Bonchev–Trinajstić information content (AvgIpc) is 2.50. The summed E-state index contributed by atoms with van der Waals surface area (Å²) in [5.74, 6) is 6.28. The van der Waals surface area contributed by atoms with E-state index in [2.05, 4.69) is 15.4 Å². The summed E-state index contributed by atoms with van der Waals surface area (Å²) in [7, 11) is 2.99. The van der Waals surface area contributed by atoms with Crippen molar-refractivity contribution in [1.82, 2.24) is 15.4 Å². The summed E-state index contributed by atoms with van der Waals surface area (Å²) in [6.45, 7) is 0. The van der Waals surface area contributed by atoms with Crippen molar-refractivity contribution in [2.75, 3.05) is 14.2 Å². The first-order chi connectivity index (χ1) is 10.1. The van der Waals surface area contributed by atoms with Crippen molar-refractivity contribution in [2.24, 2.45) is 5.84 Å². The minimum atomic E-state index is -0.497. The van der Waals surface area contributed by atoms with Gasteiger partial charge in [-0.25, -0.2) is 10.4 Å². The van der Waals surface area contributed by atoms with Gasteiger partial charge in [0.15, 0.2) is 0 Å². The lowest BCUT2D eigenvalue weighted by Gasteiger charge is -2.19. The molecule has 1 aromatic carbocycles. The fourth-order valence-electron chi connectivity index (χ4n) is 1.86. The van der Waals surface area contributed by atoms with Crippen LogP contribution in [0.25, 0.3) is 0 Å². The van der Waals surface area contributed by atoms with Crippen LogP contribution in [0, 0.1) is 0 Å². The fraction of sp³-hybridized carbons (Fsp3) is 0.231. The van der Waals surface area contributed by atoms with E-state index in [0.717, 1.165) is 0 Å². The highest BCUT2D eigenvalue weighted by atomic mass is 35.5. The molecular formula is C13H14Cl2N4O2. The summed E-state index contributed by atoms with van der Waals surface area (Å²) in [6, 6.07) is 4.62. The molecule has 0 spiro atoms. The molecule has 2 aromatic rings. The summed E-state index contributed by atoms with van der Waals surface area (Å²) in [4.78, 5) is 8.46. The number of benzene rings is 1. The largest absolute Gasteiger partial charge is 0.480 e. The zero-order valence-corrected chi connectivity index (χ0v) is 12.9. The lowest BCUT2D eigenvalue weighted by Crippen LogP contribution is -2.30. The van der Waals surface area contributed by atoms with Crippen LogP contribution in [0.15, 0.2) is 24.4 Å². The second-order valence-electron chi connectivity index (χ2n) is 4.07. The van der Waals surface area contributed by atoms with Gasteiger partial charge in [0.2, 0.25) is 11.8 Å². The number of nitrogens with one attached hydrogen (secondary N) is 1. The van der Waals surface area contributed by atoms with E-state index in [1.54, 1.807) is 18.2 Å². The maximum absolute atomic E-state index is 6.21. The van der Waals surface area contributed by atoms with Crippen LogP contribution in [-0.4, -0.2) is 24.2 Å². The molecule has 3 N–H and O–H groups in total. The Kier molecular flexibility index (Phi) is 5.19. The third-order valence-electron chi connectivity index (χ3n) is 2.86. The molecule has 0 fully saturated rings. The first kappa shape index (κ1) is 15.8. The summed E-state index contributed by atoms with van der Waals surface area (Å²) in [5, 5.41) is 0.998. The Balaban J connectivity index is 2.50. The van der Waals surface area contributed by atoms with Crippen molar-refractivity contribution in [3.63, 3.8) is 0 Å². The standard InChI is InChI=1S/C13H14Cl2N4O2/c1-20-10-6-17-12(13(18-10)21-2)11(19-16)8-4-3-7(14)5-9(8)15/h3-6,11,19H,16H2,1-2H3. The molecule has 0 aliphatic carbocycles. The van der Waals surface area contributed by atoms with Crippen LogP contribution in [0.5, 0.6) is 11.8 Å². The number of rotatable bonds is 5. The lowest BCUT2D eigenvalue weighted by molar-refractivity contribution is 0.352. The highest BCUT2D eigenvalue weighted by Crippen LogP contribution is 2.33. The Bertz CT molecular complexity index is 640. The van der Waals surface area contributed by atoms with Crippen molar-refractivity contribution in [2.45, 2.75) is 6.04 Å². The van der Waals surface area contributed by atoms with Gasteiger partial charge in [0.25, 0.3) is 0 Å². The van der Waals surface area contributed by atoms with E-state index in [4.69, 9.17) is 38.5 Å². The van der Waals surface area contributed by atoms with Gasteiger partial charge in [-0.3, -0.25) is 5.84 Å². The predicted octanol–water partition coefficient (Wildman–Crippen LogP) is 2.35. The minimum absolute atomic E-state index is 0.295. The lowest BCUT2D eigenvalue weighted by atomic mass is 10.0. The number of nitrogens with two attached hydrogens (primary N) is 1. The monoisotopic (exact) mass is 328 g/mol. The normalized spacial score (nSPS) is 12.0. The van der Waals surface area contributed by atoms with Crippen LogP contribution >= 0.6 is 23.2 Å². The number of ether oxygens (including phenoxy) is 2. The molecule has 1 atom stereocenters. The number of hydrogen-bond donors (Lipinski definition) is 2. The van der Waals surface area contributed by atoms with Gasteiger partial charge in [-0.05, 0) is 17.7 Å². The van der Waals surface area contributed by atoms with Crippen LogP contribution in [0.1, 0.15) is 17.3 Å². The number of hydrazine groups is 1. The van der Waals surface area contributed by atoms with Crippen molar-refractivity contribution in [1.29, 1.82) is 0 Å². The molecule has 1 unspecified atom stereocenters. The van der Waals surface area contributed by atoms with Crippen molar-refractivity contribution in [3.05, 3.63) is 45.7 Å². The molecule has 112 valence electrons. The third kappa shape index (κ3) is 3.36. The Hall–Kier alpha value is -1.60. The minimum Gasteiger partial charge on any atom is -0.480 e. The third-order valence-corrected chi connectivity index (χ3v) is 3.42. The smallest absolute Gasteiger partial charge is 0.240 e. The summed E-state index contributed by atoms with van der Waals surface area (Å²) >= 11 is 12.1. The van der Waals surface area contributed by atoms with Gasteiger partial charge < -0.3 is 9.47 Å². The van der Waals surface area contributed by atoms with Crippen molar-refractivity contribution in [3.8, 4) is 11.8 Å². The molecule has 0 radical (unpaired) electrons. The van der Waals surface area contributed by atoms with Gasteiger partial charge in [0, 0.05) is 10.0 Å². The van der Waals surface area contributed by atoms with Gasteiger partial charge in [-0.2, -0.15) is 4.98 Å². The highest BCUT2D eigenvalue weighted by Gasteiger charge is 2.22. The second kappa shape index (κ2) is 6.91. The van der Waals surface area contributed by atoms with Crippen LogP contribution in [0.4, 0.5) is 0 Å². The molecule has 8 heteroatoms. The highest BCUT2D eigenvalue weighted by molar-refractivity contribution is 6.35.